The molecule has 1 aromatic heterocycles. The van der Waals surface area contributed by atoms with Gasteiger partial charge in [-0.05, 0) is 58.8 Å². The molecule has 1 amide bonds. The molecule has 0 saturated carbocycles. The van der Waals surface area contributed by atoms with Crippen molar-refractivity contribution >= 4 is 28.4 Å². The summed E-state index contributed by atoms with van der Waals surface area (Å²) in [6.45, 7) is 9.91. The van der Waals surface area contributed by atoms with Gasteiger partial charge in [-0.2, -0.15) is 0 Å². The Hall–Kier alpha value is -3.48. The summed E-state index contributed by atoms with van der Waals surface area (Å²) in [6.07, 6.45) is 3.47. The molecule has 0 bridgehead atoms. The molecule has 0 aliphatic heterocycles. The zero-order valence-electron chi connectivity index (χ0n) is 19.9. The number of fused-ring (bicyclic) bond motifs is 1. The molecule has 0 aliphatic rings. The maximum Gasteiger partial charge on any atom is 0.310 e. The molecule has 2 aromatic rings. The van der Waals surface area contributed by atoms with Crippen molar-refractivity contribution < 1.29 is 24.2 Å². The second-order valence-electron chi connectivity index (χ2n) is 8.61. The standard InChI is InChI=1S/C26H31FN2O4/c1-7-15(3)21(24(31)28-14-26(5,6)25(32)33)20(30)13-17(8-2)19-12-11-18-10-9-16(4)29-23(18)22(19)27/h8-13,30H,7,14H2,1-6H3,(H,28,31)(H,32,33)/b17-8+,20-13+,21-15-. The zero-order valence-corrected chi connectivity index (χ0v) is 19.9. The third-order valence-electron chi connectivity index (χ3n) is 5.56. The Morgan fingerprint density at radius 2 is 1.82 bits per heavy atom. The molecular formula is C26H31FN2O4. The highest BCUT2D eigenvalue weighted by molar-refractivity contribution is 5.99. The van der Waals surface area contributed by atoms with Crippen LogP contribution in [-0.4, -0.2) is 33.6 Å². The minimum absolute atomic E-state index is 0.0354. The molecule has 0 unspecified atom stereocenters. The number of aromatic nitrogens is 1. The Balaban J connectivity index is 2.47. The fraction of sp³-hybridized carbons (Fsp3) is 0.346. The first-order valence-electron chi connectivity index (χ1n) is 10.8. The zero-order chi connectivity index (χ0) is 24.9. The number of aryl methyl sites for hydroxylation is 1. The highest BCUT2D eigenvalue weighted by Gasteiger charge is 2.29. The third-order valence-corrected chi connectivity index (χ3v) is 5.56. The Morgan fingerprint density at radius 1 is 1.18 bits per heavy atom. The number of carboxylic acid groups (broad SMARTS) is 1. The van der Waals surface area contributed by atoms with E-state index < -0.39 is 23.1 Å². The number of allylic oxidation sites excluding steroid dienone is 4. The van der Waals surface area contributed by atoms with Crippen LogP contribution in [0.4, 0.5) is 4.39 Å². The van der Waals surface area contributed by atoms with Gasteiger partial charge in [0.2, 0.25) is 0 Å². The number of aliphatic hydroxyl groups is 1. The lowest BCUT2D eigenvalue weighted by molar-refractivity contribution is -0.146. The molecule has 0 spiro atoms. The number of rotatable bonds is 8. The molecule has 2 rings (SSSR count). The molecule has 33 heavy (non-hydrogen) atoms. The minimum Gasteiger partial charge on any atom is -0.507 e. The molecule has 0 radical (unpaired) electrons. The first-order chi connectivity index (χ1) is 15.4. The van der Waals surface area contributed by atoms with E-state index in [1.165, 1.54) is 19.9 Å². The average Bonchev–Trinajstić information content (AvgIpc) is 2.77. The van der Waals surface area contributed by atoms with Gasteiger partial charge in [0.1, 0.15) is 11.3 Å². The first-order valence-corrected chi connectivity index (χ1v) is 10.8. The predicted molar refractivity (Wildman–Crippen MR) is 128 cm³/mol. The van der Waals surface area contributed by atoms with E-state index in [0.29, 0.717) is 28.6 Å². The number of nitrogens with zero attached hydrogens (tertiary/aromatic N) is 1. The van der Waals surface area contributed by atoms with Gasteiger partial charge in [0.15, 0.2) is 5.82 Å². The number of benzene rings is 1. The Kier molecular flexibility index (Phi) is 8.14. The highest BCUT2D eigenvalue weighted by Crippen LogP contribution is 2.28. The van der Waals surface area contributed by atoms with Gasteiger partial charge in [0.25, 0.3) is 5.91 Å². The van der Waals surface area contributed by atoms with E-state index in [2.05, 4.69) is 10.3 Å². The van der Waals surface area contributed by atoms with Crippen molar-refractivity contribution in [1.29, 1.82) is 0 Å². The molecular weight excluding hydrogens is 423 g/mol. The number of halogens is 1. The van der Waals surface area contributed by atoms with Crippen molar-refractivity contribution in [1.82, 2.24) is 10.3 Å². The van der Waals surface area contributed by atoms with Crippen LogP contribution >= 0.6 is 0 Å². The molecule has 0 atom stereocenters. The minimum atomic E-state index is -1.17. The number of hydrogen-bond acceptors (Lipinski definition) is 4. The number of nitrogens with one attached hydrogen (secondary N) is 1. The number of carboxylic acids is 1. The van der Waals surface area contributed by atoms with Crippen molar-refractivity contribution in [3.63, 3.8) is 0 Å². The molecule has 1 aromatic carbocycles. The average molecular weight is 455 g/mol. The maximum atomic E-state index is 15.3. The van der Waals surface area contributed by atoms with E-state index in [0.717, 1.165) is 0 Å². The molecule has 3 N–H and O–H groups in total. The molecule has 0 fully saturated rings. The van der Waals surface area contributed by atoms with E-state index in [1.54, 1.807) is 51.1 Å². The normalized spacial score (nSPS) is 13.7. The van der Waals surface area contributed by atoms with Gasteiger partial charge < -0.3 is 15.5 Å². The van der Waals surface area contributed by atoms with Gasteiger partial charge in [-0.1, -0.05) is 36.8 Å². The Labute approximate surface area is 193 Å². The van der Waals surface area contributed by atoms with E-state index in [1.807, 2.05) is 6.92 Å². The predicted octanol–water partition coefficient (Wildman–Crippen LogP) is 5.48. The van der Waals surface area contributed by atoms with Crippen LogP contribution in [0.3, 0.4) is 0 Å². The van der Waals surface area contributed by atoms with Crippen molar-refractivity contribution in [2.45, 2.75) is 48.0 Å². The lowest BCUT2D eigenvalue weighted by Gasteiger charge is -2.20. The maximum absolute atomic E-state index is 15.3. The van der Waals surface area contributed by atoms with Gasteiger partial charge >= 0.3 is 5.97 Å². The smallest absolute Gasteiger partial charge is 0.310 e. The Morgan fingerprint density at radius 3 is 2.39 bits per heavy atom. The first kappa shape index (κ1) is 25.8. The number of carbonyl (C=O) groups is 2. The summed E-state index contributed by atoms with van der Waals surface area (Å²) in [5.74, 6) is -2.49. The number of pyridine rings is 1. The number of aliphatic hydroxyl groups excluding tert-OH is 1. The second-order valence-corrected chi connectivity index (χ2v) is 8.61. The van der Waals surface area contributed by atoms with Crippen LogP contribution in [0.25, 0.3) is 16.5 Å². The van der Waals surface area contributed by atoms with Crippen LogP contribution in [-0.2, 0) is 9.59 Å². The lowest BCUT2D eigenvalue weighted by atomic mass is 9.93. The van der Waals surface area contributed by atoms with Crippen molar-refractivity contribution in [2.75, 3.05) is 6.54 Å². The van der Waals surface area contributed by atoms with E-state index in [4.69, 9.17) is 0 Å². The molecule has 0 aliphatic carbocycles. The van der Waals surface area contributed by atoms with Gasteiger partial charge in [-0.25, -0.2) is 4.39 Å². The lowest BCUT2D eigenvalue weighted by Crippen LogP contribution is -2.39. The van der Waals surface area contributed by atoms with Crippen LogP contribution < -0.4 is 5.32 Å². The number of hydrogen-bond donors (Lipinski definition) is 3. The fourth-order valence-corrected chi connectivity index (χ4v) is 3.18. The molecule has 7 heteroatoms. The van der Waals surface area contributed by atoms with E-state index in [9.17, 15) is 19.8 Å². The summed E-state index contributed by atoms with van der Waals surface area (Å²) < 4.78 is 15.3. The number of amides is 1. The quantitative estimate of drug-likeness (QED) is 0.279. The topological polar surface area (TPSA) is 99.5 Å². The summed E-state index contributed by atoms with van der Waals surface area (Å²) in [5, 5.41) is 23.4. The van der Waals surface area contributed by atoms with Gasteiger partial charge in [0.05, 0.1) is 11.0 Å². The van der Waals surface area contributed by atoms with Crippen LogP contribution in [0.15, 0.2) is 53.3 Å². The van der Waals surface area contributed by atoms with Crippen molar-refractivity contribution in [2.24, 2.45) is 5.41 Å². The van der Waals surface area contributed by atoms with Gasteiger partial charge in [-0.15, -0.1) is 0 Å². The van der Waals surface area contributed by atoms with Crippen LogP contribution in [0.5, 0.6) is 0 Å². The molecule has 0 saturated heterocycles. The summed E-state index contributed by atoms with van der Waals surface area (Å²) in [7, 11) is 0. The van der Waals surface area contributed by atoms with E-state index >= 15 is 4.39 Å². The van der Waals surface area contributed by atoms with E-state index in [-0.39, 0.29) is 29.0 Å². The largest absolute Gasteiger partial charge is 0.507 e. The Bertz CT molecular complexity index is 1180. The van der Waals surface area contributed by atoms with Crippen molar-refractivity contribution in [3.8, 4) is 0 Å². The number of aliphatic carboxylic acids is 1. The summed E-state index contributed by atoms with van der Waals surface area (Å²) >= 11 is 0. The van der Waals surface area contributed by atoms with Crippen molar-refractivity contribution in [3.05, 3.63) is 70.4 Å². The SMILES string of the molecule is C\C=C(/C=C(O)\C(C(=O)NCC(C)(C)C(=O)O)=C(/C)CC)c1ccc2ccc(C)nc2c1F. The van der Waals surface area contributed by atoms with Crippen LogP contribution in [0, 0.1) is 18.2 Å². The molecule has 6 nitrogen and oxygen atoms in total. The number of carbonyl (C=O) groups excluding carboxylic acids is 1. The second kappa shape index (κ2) is 10.4. The molecule has 176 valence electrons. The van der Waals surface area contributed by atoms with Gasteiger partial charge in [-0.3, -0.25) is 14.6 Å². The summed E-state index contributed by atoms with van der Waals surface area (Å²) in [5.41, 5.74) is 1.02. The highest BCUT2D eigenvalue weighted by atomic mass is 19.1. The van der Waals surface area contributed by atoms with Crippen LogP contribution in [0.1, 0.15) is 52.3 Å². The van der Waals surface area contributed by atoms with Crippen LogP contribution in [0.2, 0.25) is 0 Å². The van der Waals surface area contributed by atoms with Gasteiger partial charge in [0, 0.05) is 23.2 Å². The summed E-state index contributed by atoms with van der Waals surface area (Å²) in [6, 6.07) is 6.96. The molecule has 1 heterocycles. The summed E-state index contributed by atoms with van der Waals surface area (Å²) in [4.78, 5) is 28.5. The third kappa shape index (κ3) is 5.86. The monoisotopic (exact) mass is 454 g/mol. The fourth-order valence-electron chi connectivity index (χ4n) is 3.18.